The van der Waals surface area contributed by atoms with E-state index in [9.17, 15) is 0 Å². The second-order valence-corrected chi connectivity index (χ2v) is 4.37. The van der Waals surface area contributed by atoms with E-state index in [1.54, 1.807) is 11.3 Å². The molecule has 2 aromatic heterocycles. The summed E-state index contributed by atoms with van der Waals surface area (Å²) in [5.74, 6) is 1.20. The third kappa shape index (κ3) is 1.68. The normalized spacial score (nSPS) is 20.9. The standard InChI is InChI=1S/C10H10N2O2S/c1-3-7(13-5-1)9-11-12-10(14-9)8-4-2-6-15-8/h2,4,6-7H,1,3,5H2. The summed E-state index contributed by atoms with van der Waals surface area (Å²) < 4.78 is 11.1. The summed E-state index contributed by atoms with van der Waals surface area (Å²) in [6, 6.07) is 3.94. The minimum Gasteiger partial charge on any atom is -0.417 e. The van der Waals surface area contributed by atoms with Crippen LogP contribution < -0.4 is 0 Å². The highest BCUT2D eigenvalue weighted by atomic mass is 32.1. The molecule has 0 aliphatic carbocycles. The molecule has 3 rings (SSSR count). The number of rotatable bonds is 2. The molecule has 1 aliphatic heterocycles. The lowest BCUT2D eigenvalue weighted by atomic mass is 10.2. The molecule has 1 unspecified atom stereocenters. The number of thiophene rings is 1. The summed E-state index contributed by atoms with van der Waals surface area (Å²) in [6.07, 6.45) is 2.05. The quantitative estimate of drug-likeness (QED) is 0.783. The highest BCUT2D eigenvalue weighted by Crippen LogP contribution is 2.30. The lowest BCUT2D eigenvalue weighted by Crippen LogP contribution is -1.95. The number of ether oxygens (including phenoxy) is 1. The number of hydrogen-bond donors (Lipinski definition) is 0. The van der Waals surface area contributed by atoms with E-state index in [0.717, 1.165) is 24.3 Å². The van der Waals surface area contributed by atoms with Crippen molar-refractivity contribution in [2.24, 2.45) is 0 Å². The summed E-state index contributed by atoms with van der Waals surface area (Å²) in [5.41, 5.74) is 0. The van der Waals surface area contributed by atoms with E-state index in [1.807, 2.05) is 17.5 Å². The Hall–Kier alpha value is -1.20. The van der Waals surface area contributed by atoms with Crippen LogP contribution in [-0.2, 0) is 4.74 Å². The average Bonchev–Trinajstić information content (AvgIpc) is 3.02. The first kappa shape index (κ1) is 9.06. The van der Waals surface area contributed by atoms with Crippen LogP contribution in [0.2, 0.25) is 0 Å². The molecule has 0 bridgehead atoms. The van der Waals surface area contributed by atoms with Crippen LogP contribution in [0.15, 0.2) is 21.9 Å². The highest BCUT2D eigenvalue weighted by molar-refractivity contribution is 7.13. The number of hydrogen-bond acceptors (Lipinski definition) is 5. The molecule has 0 aromatic carbocycles. The van der Waals surface area contributed by atoms with Gasteiger partial charge < -0.3 is 9.15 Å². The minimum absolute atomic E-state index is 0.00575. The summed E-state index contributed by atoms with van der Waals surface area (Å²) in [7, 11) is 0. The zero-order valence-electron chi connectivity index (χ0n) is 8.05. The van der Waals surface area contributed by atoms with Crippen molar-refractivity contribution in [3.8, 4) is 10.8 Å². The fraction of sp³-hybridized carbons (Fsp3) is 0.400. The first-order chi connectivity index (χ1) is 7.43. The summed E-state index contributed by atoms with van der Waals surface area (Å²) in [5, 5.41) is 10.0. The molecule has 1 fully saturated rings. The van der Waals surface area contributed by atoms with Gasteiger partial charge in [0.05, 0.1) is 4.88 Å². The molecule has 15 heavy (non-hydrogen) atoms. The van der Waals surface area contributed by atoms with E-state index in [0.29, 0.717) is 11.8 Å². The van der Waals surface area contributed by atoms with Crippen LogP contribution in [0.25, 0.3) is 10.8 Å². The fourth-order valence-electron chi connectivity index (χ4n) is 1.64. The smallest absolute Gasteiger partial charge is 0.257 e. The summed E-state index contributed by atoms with van der Waals surface area (Å²) in [4.78, 5) is 1.01. The number of nitrogens with zero attached hydrogens (tertiary/aromatic N) is 2. The van der Waals surface area contributed by atoms with Crippen LogP contribution in [0.4, 0.5) is 0 Å². The van der Waals surface area contributed by atoms with E-state index < -0.39 is 0 Å². The Balaban J connectivity index is 1.87. The third-order valence-corrected chi connectivity index (χ3v) is 3.24. The first-order valence-corrected chi connectivity index (χ1v) is 5.80. The predicted molar refractivity (Wildman–Crippen MR) is 55.5 cm³/mol. The van der Waals surface area contributed by atoms with Crippen molar-refractivity contribution in [2.75, 3.05) is 6.61 Å². The highest BCUT2D eigenvalue weighted by Gasteiger charge is 2.23. The molecule has 3 heterocycles. The second-order valence-electron chi connectivity index (χ2n) is 3.42. The van der Waals surface area contributed by atoms with Gasteiger partial charge in [-0.05, 0) is 24.3 Å². The molecule has 0 saturated carbocycles. The Kier molecular flexibility index (Phi) is 2.26. The SMILES string of the molecule is c1csc(-c2nnc(C3CCCO3)o2)c1. The summed E-state index contributed by atoms with van der Waals surface area (Å²) >= 11 is 1.59. The van der Waals surface area contributed by atoms with Crippen molar-refractivity contribution in [3.63, 3.8) is 0 Å². The zero-order chi connectivity index (χ0) is 10.1. The van der Waals surface area contributed by atoms with Gasteiger partial charge >= 0.3 is 0 Å². The van der Waals surface area contributed by atoms with Crippen molar-refractivity contribution in [3.05, 3.63) is 23.4 Å². The van der Waals surface area contributed by atoms with E-state index in [2.05, 4.69) is 10.2 Å². The van der Waals surface area contributed by atoms with Crippen LogP contribution >= 0.6 is 11.3 Å². The molecule has 2 aromatic rings. The van der Waals surface area contributed by atoms with Crippen molar-refractivity contribution in [1.82, 2.24) is 10.2 Å². The zero-order valence-corrected chi connectivity index (χ0v) is 8.87. The van der Waals surface area contributed by atoms with Crippen molar-refractivity contribution in [2.45, 2.75) is 18.9 Å². The molecule has 0 radical (unpaired) electrons. The van der Waals surface area contributed by atoms with Gasteiger partial charge in [-0.15, -0.1) is 21.5 Å². The van der Waals surface area contributed by atoms with E-state index in [4.69, 9.17) is 9.15 Å². The number of aromatic nitrogens is 2. The molecular formula is C10H10N2O2S. The second kappa shape index (κ2) is 3.75. The molecule has 0 spiro atoms. The van der Waals surface area contributed by atoms with Crippen LogP contribution in [-0.4, -0.2) is 16.8 Å². The minimum atomic E-state index is 0.00575. The van der Waals surface area contributed by atoms with Gasteiger partial charge in [0.2, 0.25) is 5.89 Å². The predicted octanol–water partition coefficient (Wildman–Crippen LogP) is 2.65. The van der Waals surface area contributed by atoms with Gasteiger partial charge in [0.25, 0.3) is 5.89 Å². The Morgan fingerprint density at radius 3 is 3.13 bits per heavy atom. The molecular weight excluding hydrogens is 212 g/mol. The maximum Gasteiger partial charge on any atom is 0.257 e. The van der Waals surface area contributed by atoms with Crippen LogP contribution in [0, 0.1) is 0 Å². The molecule has 1 saturated heterocycles. The molecule has 78 valence electrons. The third-order valence-electron chi connectivity index (χ3n) is 2.38. The first-order valence-electron chi connectivity index (χ1n) is 4.92. The summed E-state index contributed by atoms with van der Waals surface area (Å²) in [6.45, 7) is 0.793. The molecule has 1 atom stereocenters. The Morgan fingerprint density at radius 1 is 1.40 bits per heavy atom. The van der Waals surface area contributed by atoms with Gasteiger partial charge in [-0.2, -0.15) is 0 Å². The van der Waals surface area contributed by atoms with Crippen LogP contribution in [0.3, 0.4) is 0 Å². The Bertz CT molecular complexity index is 432. The van der Waals surface area contributed by atoms with E-state index in [1.165, 1.54) is 0 Å². The fourth-order valence-corrected chi connectivity index (χ4v) is 2.28. The van der Waals surface area contributed by atoms with Gasteiger partial charge in [0.15, 0.2) is 0 Å². The molecule has 4 nitrogen and oxygen atoms in total. The van der Waals surface area contributed by atoms with Gasteiger partial charge in [-0.3, -0.25) is 0 Å². The molecule has 0 amide bonds. The average molecular weight is 222 g/mol. The van der Waals surface area contributed by atoms with Crippen molar-refractivity contribution >= 4 is 11.3 Å². The Morgan fingerprint density at radius 2 is 2.40 bits per heavy atom. The topological polar surface area (TPSA) is 48.2 Å². The lowest BCUT2D eigenvalue weighted by molar-refractivity contribution is 0.0896. The lowest BCUT2D eigenvalue weighted by Gasteiger charge is -2.00. The van der Waals surface area contributed by atoms with Gasteiger partial charge in [-0.1, -0.05) is 6.07 Å². The largest absolute Gasteiger partial charge is 0.417 e. The van der Waals surface area contributed by atoms with Gasteiger partial charge in [0.1, 0.15) is 6.10 Å². The van der Waals surface area contributed by atoms with E-state index in [-0.39, 0.29) is 6.10 Å². The molecule has 5 heteroatoms. The van der Waals surface area contributed by atoms with Crippen molar-refractivity contribution < 1.29 is 9.15 Å². The monoisotopic (exact) mass is 222 g/mol. The molecule has 0 N–H and O–H groups in total. The van der Waals surface area contributed by atoms with Gasteiger partial charge in [0, 0.05) is 6.61 Å². The van der Waals surface area contributed by atoms with Crippen LogP contribution in [0.1, 0.15) is 24.8 Å². The van der Waals surface area contributed by atoms with Gasteiger partial charge in [-0.25, -0.2) is 0 Å². The maximum atomic E-state index is 5.58. The van der Waals surface area contributed by atoms with E-state index >= 15 is 0 Å². The Labute approximate surface area is 90.9 Å². The molecule has 1 aliphatic rings. The van der Waals surface area contributed by atoms with Crippen molar-refractivity contribution in [1.29, 1.82) is 0 Å². The maximum absolute atomic E-state index is 5.58. The van der Waals surface area contributed by atoms with Crippen LogP contribution in [0.5, 0.6) is 0 Å².